The number of rotatable bonds is 8. The molecule has 0 aliphatic carbocycles. The molecule has 4 heterocycles. The summed E-state index contributed by atoms with van der Waals surface area (Å²) >= 11 is 0. The monoisotopic (exact) mass is 470 g/mol. The van der Waals surface area contributed by atoms with E-state index in [-0.39, 0.29) is 48.7 Å². The van der Waals surface area contributed by atoms with Gasteiger partial charge in [-0.2, -0.15) is 0 Å². The summed E-state index contributed by atoms with van der Waals surface area (Å²) in [6.45, 7) is 2.54. The molecule has 4 fully saturated rings. The number of imide groups is 2. The number of hydrogen-bond donors (Lipinski definition) is 2. The van der Waals surface area contributed by atoms with Crippen molar-refractivity contribution in [3.8, 4) is 0 Å². The molecule has 0 radical (unpaired) electrons. The fourth-order valence-electron chi connectivity index (χ4n) is 5.03. The van der Waals surface area contributed by atoms with Crippen molar-refractivity contribution >= 4 is 35.0 Å². The number of carbonyl (C=O) groups is 4. The zero-order valence-corrected chi connectivity index (χ0v) is 19.0. The van der Waals surface area contributed by atoms with Gasteiger partial charge >= 0.3 is 0 Å². The molecule has 182 valence electrons. The highest BCUT2D eigenvalue weighted by Gasteiger charge is 2.41. The third-order valence-corrected chi connectivity index (χ3v) is 6.89. The number of amides is 4. The molecular weight excluding hydrogens is 440 g/mol. The Balaban J connectivity index is 1.20. The highest BCUT2D eigenvalue weighted by Crippen LogP contribution is 2.29. The lowest BCUT2D eigenvalue weighted by molar-refractivity contribution is -0.123. The molecule has 10 nitrogen and oxygen atoms in total. The van der Waals surface area contributed by atoms with Gasteiger partial charge in [-0.05, 0) is 49.9 Å². The van der Waals surface area contributed by atoms with Crippen molar-refractivity contribution in [2.24, 2.45) is 0 Å². The number of nitrogens with one attached hydrogen (secondary N) is 2. The molecule has 4 atom stereocenters. The minimum atomic E-state index is -0.575. The van der Waals surface area contributed by atoms with Crippen molar-refractivity contribution in [3.63, 3.8) is 0 Å². The quantitative estimate of drug-likeness (QED) is 0.527. The van der Waals surface area contributed by atoms with Crippen LogP contribution in [0.15, 0.2) is 24.3 Å². The molecule has 0 bridgehead atoms. The summed E-state index contributed by atoms with van der Waals surface area (Å²) in [4.78, 5) is 53.2. The zero-order chi connectivity index (χ0) is 23.7. The number of benzene rings is 1. The fourth-order valence-corrected chi connectivity index (χ4v) is 5.03. The Morgan fingerprint density at radius 2 is 1.12 bits per heavy atom. The molecule has 4 aliphatic heterocycles. The number of nitrogens with zero attached hydrogens (tertiary/aromatic N) is 2. The van der Waals surface area contributed by atoms with Gasteiger partial charge in [-0.1, -0.05) is 0 Å². The van der Waals surface area contributed by atoms with Gasteiger partial charge in [-0.15, -0.1) is 0 Å². The fraction of sp³-hybridized carbons (Fsp3) is 0.583. The molecular formula is C24H30N4O6. The van der Waals surface area contributed by atoms with Gasteiger partial charge in [0.05, 0.1) is 48.5 Å². The molecule has 1 aromatic rings. The van der Waals surface area contributed by atoms with Crippen molar-refractivity contribution in [2.75, 3.05) is 36.1 Å². The van der Waals surface area contributed by atoms with Gasteiger partial charge in [0.2, 0.25) is 11.8 Å². The highest BCUT2D eigenvalue weighted by molar-refractivity contribution is 6.24. The van der Waals surface area contributed by atoms with Gasteiger partial charge in [0, 0.05) is 26.3 Å². The number of carbonyl (C=O) groups excluding carboxylic acids is 4. The lowest BCUT2D eigenvalue weighted by atomic mass is 10.2. The minimum absolute atomic E-state index is 0.0794. The molecule has 4 amide bonds. The zero-order valence-electron chi connectivity index (χ0n) is 19.0. The van der Waals surface area contributed by atoms with Gasteiger partial charge in [0.25, 0.3) is 11.8 Å². The molecule has 0 aromatic heterocycles. The van der Waals surface area contributed by atoms with Crippen molar-refractivity contribution in [1.29, 1.82) is 0 Å². The van der Waals surface area contributed by atoms with E-state index in [1.165, 1.54) is 0 Å². The number of hydrogen-bond acceptors (Lipinski definition) is 8. The Bertz CT molecular complexity index is 878. The molecule has 0 spiro atoms. The van der Waals surface area contributed by atoms with Gasteiger partial charge in [0.1, 0.15) is 0 Å². The second kappa shape index (κ2) is 9.91. The molecule has 0 saturated carbocycles. The maximum absolute atomic E-state index is 12.9. The van der Waals surface area contributed by atoms with Gasteiger partial charge in [-0.3, -0.25) is 19.2 Å². The van der Waals surface area contributed by atoms with Crippen LogP contribution in [0.2, 0.25) is 0 Å². The number of anilines is 2. The molecule has 10 heteroatoms. The lowest BCUT2D eigenvalue weighted by Crippen LogP contribution is -2.42. The van der Waals surface area contributed by atoms with Crippen molar-refractivity contribution < 1.29 is 28.7 Å². The second-order valence-corrected chi connectivity index (χ2v) is 9.25. The number of ether oxygens (including phenoxy) is 2. The van der Waals surface area contributed by atoms with Crippen LogP contribution < -0.4 is 20.4 Å². The summed E-state index contributed by atoms with van der Waals surface area (Å²) in [7, 11) is 0. The maximum atomic E-state index is 12.9. The van der Waals surface area contributed by atoms with Crippen LogP contribution in [0.5, 0.6) is 0 Å². The van der Waals surface area contributed by atoms with E-state index < -0.39 is 12.1 Å². The molecule has 4 saturated heterocycles. The van der Waals surface area contributed by atoms with Crippen molar-refractivity contribution in [1.82, 2.24) is 10.6 Å². The average molecular weight is 471 g/mol. The summed E-state index contributed by atoms with van der Waals surface area (Å²) in [5.41, 5.74) is 0.847. The van der Waals surface area contributed by atoms with Gasteiger partial charge < -0.3 is 20.1 Å². The van der Waals surface area contributed by atoms with E-state index in [2.05, 4.69) is 10.6 Å². The standard InChI is InChI=1S/C24H30N4O6/c29-21-11-19(25-13-17-3-1-9-33-17)23(31)27(21)15-5-7-16(8-6-15)28-22(30)12-20(24(28)32)26-14-18-4-2-10-34-18/h5-8,17-20,25-26H,1-4,9-14H2/t17-,18+,19+,20-. The van der Waals surface area contributed by atoms with Crippen molar-refractivity contribution in [2.45, 2.75) is 62.8 Å². The Morgan fingerprint density at radius 1 is 0.706 bits per heavy atom. The predicted molar refractivity (Wildman–Crippen MR) is 122 cm³/mol. The summed E-state index contributed by atoms with van der Waals surface area (Å²) < 4.78 is 11.1. The summed E-state index contributed by atoms with van der Waals surface area (Å²) in [6.07, 6.45) is 4.26. The Hall–Kier alpha value is -2.66. The third kappa shape index (κ3) is 4.63. The topological polar surface area (TPSA) is 117 Å². The molecule has 34 heavy (non-hydrogen) atoms. The van der Waals surface area contributed by atoms with Crippen LogP contribution in [0.3, 0.4) is 0 Å². The summed E-state index contributed by atoms with van der Waals surface area (Å²) in [5, 5.41) is 6.32. The summed E-state index contributed by atoms with van der Waals surface area (Å²) in [5.74, 6) is -1.17. The first kappa shape index (κ1) is 23.1. The normalized spacial score (nSPS) is 29.8. The molecule has 0 unspecified atom stereocenters. The first-order valence-corrected chi connectivity index (χ1v) is 12.0. The van der Waals surface area contributed by atoms with Crippen LogP contribution in [0, 0.1) is 0 Å². The maximum Gasteiger partial charge on any atom is 0.251 e. The van der Waals surface area contributed by atoms with Crippen LogP contribution in [0.1, 0.15) is 38.5 Å². The van der Waals surface area contributed by atoms with E-state index >= 15 is 0 Å². The van der Waals surface area contributed by atoms with Crippen LogP contribution in [0.25, 0.3) is 0 Å². The molecule has 2 N–H and O–H groups in total. The van der Waals surface area contributed by atoms with E-state index in [4.69, 9.17) is 9.47 Å². The SMILES string of the molecule is O=C1C[C@H](NC[C@H]2CCCO2)C(=O)N1c1ccc(N2C(=O)C[C@@H](NC[C@@H]3CCCO3)C2=O)cc1. The smallest absolute Gasteiger partial charge is 0.251 e. The van der Waals surface area contributed by atoms with E-state index in [0.29, 0.717) is 24.5 Å². The van der Waals surface area contributed by atoms with Crippen LogP contribution >= 0.6 is 0 Å². The lowest BCUT2D eigenvalue weighted by Gasteiger charge is -2.19. The predicted octanol–water partition coefficient (Wildman–Crippen LogP) is 0.488. The highest BCUT2D eigenvalue weighted by atomic mass is 16.5. The van der Waals surface area contributed by atoms with Gasteiger partial charge in [0.15, 0.2) is 0 Å². The van der Waals surface area contributed by atoms with Gasteiger partial charge in [-0.25, -0.2) is 9.80 Å². The second-order valence-electron chi connectivity index (χ2n) is 9.25. The Kier molecular flexibility index (Phi) is 6.73. The van der Waals surface area contributed by atoms with Crippen LogP contribution in [0.4, 0.5) is 11.4 Å². The van der Waals surface area contributed by atoms with Crippen molar-refractivity contribution in [3.05, 3.63) is 24.3 Å². The molecule has 4 aliphatic rings. The van der Waals surface area contributed by atoms with Crippen LogP contribution in [-0.2, 0) is 28.7 Å². The van der Waals surface area contributed by atoms with E-state index in [9.17, 15) is 19.2 Å². The first-order chi connectivity index (χ1) is 16.5. The van der Waals surface area contributed by atoms with E-state index in [0.717, 1.165) is 48.7 Å². The van der Waals surface area contributed by atoms with E-state index in [1.807, 2.05) is 0 Å². The average Bonchev–Trinajstić information content (AvgIpc) is 3.61. The first-order valence-electron chi connectivity index (χ1n) is 12.0. The largest absolute Gasteiger partial charge is 0.377 e. The minimum Gasteiger partial charge on any atom is -0.377 e. The molecule has 5 rings (SSSR count). The third-order valence-electron chi connectivity index (χ3n) is 6.89. The van der Waals surface area contributed by atoms with E-state index in [1.54, 1.807) is 24.3 Å². The Morgan fingerprint density at radius 3 is 1.47 bits per heavy atom. The summed E-state index contributed by atoms with van der Waals surface area (Å²) in [6, 6.07) is 5.24. The Labute approximate surface area is 197 Å². The molecule has 1 aromatic carbocycles. The van der Waals surface area contributed by atoms with Crippen LogP contribution in [-0.4, -0.2) is 74.2 Å².